The van der Waals surface area contributed by atoms with Crippen LogP contribution in [0.3, 0.4) is 0 Å². The number of ether oxygens (including phenoxy) is 3. The van der Waals surface area contributed by atoms with E-state index in [1.165, 1.54) is 0 Å². The molecule has 1 N–H and O–H groups in total. The van der Waals surface area contributed by atoms with Crippen molar-refractivity contribution in [3.8, 4) is 11.5 Å². The van der Waals surface area contributed by atoms with Gasteiger partial charge in [0, 0.05) is 17.9 Å². The molecule has 1 heterocycles. The van der Waals surface area contributed by atoms with E-state index in [1.807, 2.05) is 36.4 Å². The fourth-order valence-electron chi connectivity index (χ4n) is 2.84. The molecule has 0 radical (unpaired) electrons. The second-order valence-electron chi connectivity index (χ2n) is 6.65. The molecule has 0 bridgehead atoms. The van der Waals surface area contributed by atoms with E-state index in [9.17, 15) is 4.79 Å². The minimum Gasteiger partial charge on any atom is -0.494 e. The van der Waals surface area contributed by atoms with Gasteiger partial charge in [-0.15, -0.1) is 0 Å². The van der Waals surface area contributed by atoms with Crippen molar-refractivity contribution in [1.82, 2.24) is 0 Å². The lowest BCUT2D eigenvalue weighted by Crippen LogP contribution is -2.16. The van der Waals surface area contributed by atoms with Crippen LogP contribution in [0.25, 0.3) is 0 Å². The largest absolute Gasteiger partial charge is 0.494 e. The molecule has 1 atom stereocenters. The predicted octanol–water partition coefficient (Wildman–Crippen LogP) is 4.68. The summed E-state index contributed by atoms with van der Waals surface area (Å²) in [7, 11) is 0. The number of benzene rings is 2. The summed E-state index contributed by atoms with van der Waals surface area (Å²) >= 11 is 0. The fourth-order valence-corrected chi connectivity index (χ4v) is 2.84. The first kappa shape index (κ1) is 19.2. The van der Waals surface area contributed by atoms with Gasteiger partial charge >= 0.3 is 0 Å². The van der Waals surface area contributed by atoms with Gasteiger partial charge in [-0.2, -0.15) is 0 Å². The predicted molar refractivity (Wildman–Crippen MR) is 106 cm³/mol. The highest BCUT2D eigenvalue weighted by Crippen LogP contribution is 2.19. The number of nitrogens with one attached hydrogen (secondary N) is 1. The number of rotatable bonds is 9. The lowest BCUT2D eigenvalue weighted by atomic mass is 10.2. The van der Waals surface area contributed by atoms with E-state index >= 15 is 0 Å². The second kappa shape index (κ2) is 9.97. The molecule has 0 aromatic heterocycles. The van der Waals surface area contributed by atoms with Crippen LogP contribution in [0.1, 0.15) is 43.0 Å². The van der Waals surface area contributed by atoms with Crippen LogP contribution in [-0.4, -0.2) is 31.8 Å². The van der Waals surface area contributed by atoms with Gasteiger partial charge in [-0.3, -0.25) is 4.79 Å². The Morgan fingerprint density at radius 2 is 1.78 bits per heavy atom. The van der Waals surface area contributed by atoms with Crippen LogP contribution in [0.15, 0.2) is 48.5 Å². The zero-order chi connectivity index (χ0) is 18.9. The van der Waals surface area contributed by atoms with E-state index in [2.05, 4.69) is 12.2 Å². The van der Waals surface area contributed by atoms with Crippen LogP contribution in [-0.2, 0) is 4.74 Å². The van der Waals surface area contributed by atoms with Crippen LogP contribution in [0.5, 0.6) is 11.5 Å². The number of unbranched alkanes of at least 4 members (excludes halogenated alkanes) is 1. The van der Waals surface area contributed by atoms with Crippen molar-refractivity contribution in [2.24, 2.45) is 0 Å². The van der Waals surface area contributed by atoms with E-state index in [0.717, 1.165) is 49.5 Å². The van der Waals surface area contributed by atoms with Crippen LogP contribution >= 0.6 is 0 Å². The molecule has 5 heteroatoms. The molecule has 2 aromatic carbocycles. The number of amides is 1. The topological polar surface area (TPSA) is 56.8 Å². The van der Waals surface area contributed by atoms with Gasteiger partial charge in [0.15, 0.2) is 0 Å². The summed E-state index contributed by atoms with van der Waals surface area (Å²) in [4.78, 5) is 12.4. The Morgan fingerprint density at radius 3 is 2.44 bits per heavy atom. The Labute approximate surface area is 160 Å². The maximum atomic E-state index is 12.4. The first-order valence-corrected chi connectivity index (χ1v) is 9.63. The van der Waals surface area contributed by atoms with E-state index in [4.69, 9.17) is 14.2 Å². The van der Waals surface area contributed by atoms with E-state index in [-0.39, 0.29) is 12.0 Å². The van der Waals surface area contributed by atoms with Crippen molar-refractivity contribution in [2.75, 3.05) is 25.1 Å². The molecule has 1 aliphatic heterocycles. The van der Waals surface area contributed by atoms with Crippen LogP contribution in [0.4, 0.5) is 5.69 Å². The average molecular weight is 369 g/mol. The highest BCUT2D eigenvalue weighted by atomic mass is 16.5. The van der Waals surface area contributed by atoms with Crippen LogP contribution in [0, 0.1) is 0 Å². The van der Waals surface area contributed by atoms with Crippen molar-refractivity contribution in [3.63, 3.8) is 0 Å². The number of carbonyl (C=O) groups excluding carboxylic acids is 1. The summed E-state index contributed by atoms with van der Waals surface area (Å²) in [6.45, 7) is 4.21. The minimum atomic E-state index is -0.150. The molecule has 0 saturated carbocycles. The average Bonchev–Trinajstić information content (AvgIpc) is 3.22. The molecule has 0 aliphatic carbocycles. The standard InChI is InChI=1S/C22H27NO4/c1-2-3-14-25-19-10-6-17(7-11-19)22(24)23-18-8-12-20(13-9-18)27-16-21-5-4-15-26-21/h6-13,21H,2-5,14-16H2,1H3,(H,23,24). The smallest absolute Gasteiger partial charge is 0.255 e. The van der Waals surface area contributed by atoms with Gasteiger partial charge in [0.1, 0.15) is 18.1 Å². The lowest BCUT2D eigenvalue weighted by Gasteiger charge is -2.12. The van der Waals surface area contributed by atoms with Crippen LogP contribution < -0.4 is 14.8 Å². The molecule has 2 aromatic rings. The summed E-state index contributed by atoms with van der Waals surface area (Å²) in [5.74, 6) is 1.41. The highest BCUT2D eigenvalue weighted by Gasteiger charge is 2.16. The Morgan fingerprint density at radius 1 is 1.07 bits per heavy atom. The Hall–Kier alpha value is -2.53. The molecule has 27 heavy (non-hydrogen) atoms. The molecule has 144 valence electrons. The van der Waals surface area contributed by atoms with Crippen molar-refractivity contribution >= 4 is 11.6 Å². The molecule has 3 rings (SSSR count). The number of carbonyl (C=O) groups is 1. The Balaban J connectivity index is 1.48. The fraction of sp³-hybridized carbons (Fsp3) is 0.409. The summed E-state index contributed by atoms with van der Waals surface area (Å²) < 4.78 is 16.9. The summed E-state index contributed by atoms with van der Waals surface area (Å²) in [5, 5.41) is 2.89. The zero-order valence-corrected chi connectivity index (χ0v) is 15.8. The number of anilines is 1. The molecule has 1 aliphatic rings. The quantitative estimate of drug-likeness (QED) is 0.652. The van der Waals surface area contributed by atoms with Gasteiger partial charge in [0.05, 0.1) is 12.7 Å². The van der Waals surface area contributed by atoms with Crippen molar-refractivity contribution in [3.05, 3.63) is 54.1 Å². The first-order valence-electron chi connectivity index (χ1n) is 9.63. The number of hydrogen-bond acceptors (Lipinski definition) is 4. The molecule has 1 amide bonds. The maximum absolute atomic E-state index is 12.4. The minimum absolute atomic E-state index is 0.150. The maximum Gasteiger partial charge on any atom is 0.255 e. The Bertz CT molecular complexity index is 706. The Kier molecular flexibility index (Phi) is 7.11. The monoisotopic (exact) mass is 369 g/mol. The molecule has 1 unspecified atom stereocenters. The van der Waals surface area contributed by atoms with Gasteiger partial charge in [0.25, 0.3) is 5.91 Å². The lowest BCUT2D eigenvalue weighted by molar-refractivity contribution is 0.0679. The molecule has 5 nitrogen and oxygen atoms in total. The van der Waals surface area contributed by atoms with Gasteiger partial charge < -0.3 is 19.5 Å². The SMILES string of the molecule is CCCCOc1ccc(C(=O)Nc2ccc(OCC3CCCO3)cc2)cc1. The zero-order valence-electron chi connectivity index (χ0n) is 15.8. The highest BCUT2D eigenvalue weighted by molar-refractivity contribution is 6.04. The van der Waals surface area contributed by atoms with Crippen LogP contribution in [0.2, 0.25) is 0 Å². The van der Waals surface area contributed by atoms with E-state index in [1.54, 1.807) is 12.1 Å². The summed E-state index contributed by atoms with van der Waals surface area (Å²) in [6.07, 6.45) is 4.47. The van der Waals surface area contributed by atoms with Gasteiger partial charge in [0.2, 0.25) is 0 Å². The molecular weight excluding hydrogens is 342 g/mol. The molecule has 0 spiro atoms. The number of hydrogen-bond donors (Lipinski definition) is 1. The third-order valence-electron chi connectivity index (χ3n) is 4.46. The van der Waals surface area contributed by atoms with Crippen molar-refractivity contribution in [1.29, 1.82) is 0 Å². The van der Waals surface area contributed by atoms with Gasteiger partial charge in [-0.05, 0) is 67.8 Å². The van der Waals surface area contributed by atoms with Crippen molar-refractivity contribution in [2.45, 2.75) is 38.7 Å². The summed E-state index contributed by atoms with van der Waals surface area (Å²) in [5.41, 5.74) is 1.32. The second-order valence-corrected chi connectivity index (χ2v) is 6.65. The van der Waals surface area contributed by atoms with E-state index in [0.29, 0.717) is 18.8 Å². The van der Waals surface area contributed by atoms with E-state index < -0.39 is 0 Å². The molecular formula is C22H27NO4. The molecule has 1 fully saturated rings. The van der Waals surface area contributed by atoms with Crippen molar-refractivity contribution < 1.29 is 19.0 Å². The third-order valence-corrected chi connectivity index (χ3v) is 4.46. The summed E-state index contributed by atoms with van der Waals surface area (Å²) in [6, 6.07) is 14.6. The van der Waals surface area contributed by atoms with Gasteiger partial charge in [-0.1, -0.05) is 13.3 Å². The van der Waals surface area contributed by atoms with Gasteiger partial charge in [-0.25, -0.2) is 0 Å². The third kappa shape index (κ3) is 6.00. The first-order chi connectivity index (χ1) is 13.2. The molecule has 1 saturated heterocycles. The normalized spacial score (nSPS) is 16.1.